The monoisotopic (exact) mass is 237 g/mol. The fourth-order valence-corrected chi connectivity index (χ4v) is 4.15. The second-order valence-corrected chi connectivity index (χ2v) is 6.85. The molecule has 0 bridgehead atoms. The smallest absolute Gasteiger partial charge is 0.178 e. The zero-order valence-electron chi connectivity index (χ0n) is 9.29. The lowest BCUT2D eigenvalue weighted by atomic mass is 9.97. The van der Waals surface area contributed by atoms with Crippen LogP contribution in [0.15, 0.2) is 17.0 Å². The Morgan fingerprint density at radius 1 is 1.25 bits per heavy atom. The van der Waals surface area contributed by atoms with Crippen LogP contribution in [0.2, 0.25) is 0 Å². The lowest BCUT2D eigenvalue weighted by Crippen LogP contribution is -2.22. The van der Waals surface area contributed by atoms with E-state index < -0.39 is 9.84 Å². The second-order valence-electron chi connectivity index (χ2n) is 4.77. The molecular formula is C12H15NO2S. The van der Waals surface area contributed by atoms with E-state index in [1.807, 2.05) is 12.1 Å². The molecule has 0 fully saturated rings. The van der Waals surface area contributed by atoms with Crippen molar-refractivity contribution in [3.05, 3.63) is 23.3 Å². The molecule has 0 spiro atoms. The molecule has 16 heavy (non-hydrogen) atoms. The molecule has 0 aromatic heterocycles. The summed E-state index contributed by atoms with van der Waals surface area (Å²) in [6.45, 7) is 2.16. The summed E-state index contributed by atoms with van der Waals surface area (Å²) in [4.78, 5) is 0.572. The van der Waals surface area contributed by atoms with E-state index in [0.29, 0.717) is 17.4 Å². The van der Waals surface area contributed by atoms with Crippen LogP contribution < -0.4 is 5.32 Å². The van der Waals surface area contributed by atoms with Gasteiger partial charge in [0.25, 0.3) is 0 Å². The molecule has 0 radical (unpaired) electrons. The molecule has 4 heteroatoms. The van der Waals surface area contributed by atoms with E-state index in [1.54, 1.807) is 0 Å². The maximum Gasteiger partial charge on any atom is 0.178 e. The van der Waals surface area contributed by atoms with Crippen LogP contribution in [0.3, 0.4) is 0 Å². The first-order valence-corrected chi connectivity index (χ1v) is 7.36. The summed E-state index contributed by atoms with van der Waals surface area (Å²) >= 11 is 0. The lowest BCUT2D eigenvalue weighted by Gasteiger charge is -2.24. The molecule has 3 nitrogen and oxygen atoms in total. The van der Waals surface area contributed by atoms with Crippen molar-refractivity contribution in [2.45, 2.75) is 37.1 Å². The third-order valence-corrected chi connectivity index (χ3v) is 5.30. The largest absolute Gasteiger partial charge is 0.382 e. The van der Waals surface area contributed by atoms with Gasteiger partial charge in [-0.25, -0.2) is 8.42 Å². The van der Waals surface area contributed by atoms with Crippen LogP contribution in [-0.4, -0.2) is 20.2 Å². The Morgan fingerprint density at radius 2 is 2.06 bits per heavy atom. The van der Waals surface area contributed by atoms with Gasteiger partial charge in [0.15, 0.2) is 9.84 Å². The van der Waals surface area contributed by atoms with Crippen LogP contribution in [0.4, 0.5) is 5.69 Å². The van der Waals surface area contributed by atoms with Crippen LogP contribution in [0, 0.1) is 0 Å². The van der Waals surface area contributed by atoms with Gasteiger partial charge >= 0.3 is 0 Å². The van der Waals surface area contributed by atoms with Crippen LogP contribution in [0.1, 0.15) is 24.5 Å². The third-order valence-electron chi connectivity index (χ3n) is 3.51. The van der Waals surface area contributed by atoms with Crippen molar-refractivity contribution >= 4 is 15.5 Å². The number of hydrogen-bond donors (Lipinski definition) is 1. The first kappa shape index (κ1) is 10.1. The van der Waals surface area contributed by atoms with Gasteiger partial charge < -0.3 is 5.32 Å². The zero-order chi connectivity index (χ0) is 11.3. The van der Waals surface area contributed by atoms with Gasteiger partial charge in [0, 0.05) is 11.7 Å². The van der Waals surface area contributed by atoms with Crippen molar-refractivity contribution in [2.75, 3.05) is 11.1 Å². The summed E-state index contributed by atoms with van der Waals surface area (Å²) in [5.41, 5.74) is 3.28. The molecule has 1 N–H and O–H groups in total. The molecule has 2 heterocycles. The number of hydrogen-bond acceptors (Lipinski definition) is 3. The average molecular weight is 237 g/mol. The van der Waals surface area contributed by atoms with Crippen molar-refractivity contribution in [3.63, 3.8) is 0 Å². The highest BCUT2D eigenvalue weighted by atomic mass is 32.2. The number of fused-ring (bicyclic) bond motifs is 2. The molecule has 2 aliphatic rings. The molecule has 0 saturated carbocycles. The fourth-order valence-electron chi connectivity index (χ4n) is 2.56. The highest BCUT2D eigenvalue weighted by Crippen LogP contribution is 2.34. The van der Waals surface area contributed by atoms with E-state index in [-0.39, 0.29) is 5.75 Å². The Kier molecular flexibility index (Phi) is 2.05. The Bertz CT molecular complexity index is 548. The van der Waals surface area contributed by atoms with Crippen molar-refractivity contribution < 1.29 is 8.42 Å². The number of benzene rings is 1. The third kappa shape index (κ3) is 1.44. The van der Waals surface area contributed by atoms with Crippen molar-refractivity contribution in [2.24, 2.45) is 0 Å². The molecule has 3 rings (SSSR count). The van der Waals surface area contributed by atoms with E-state index in [2.05, 4.69) is 12.2 Å². The van der Waals surface area contributed by atoms with Crippen LogP contribution in [-0.2, 0) is 22.7 Å². The number of nitrogens with one attached hydrogen (secondary N) is 1. The molecule has 1 atom stereocenters. The van der Waals surface area contributed by atoms with E-state index in [0.717, 1.165) is 29.7 Å². The van der Waals surface area contributed by atoms with Gasteiger partial charge in [-0.2, -0.15) is 0 Å². The van der Waals surface area contributed by atoms with Crippen LogP contribution >= 0.6 is 0 Å². The van der Waals surface area contributed by atoms with Gasteiger partial charge in [0.05, 0.1) is 10.6 Å². The minimum absolute atomic E-state index is 0.279. The van der Waals surface area contributed by atoms with Gasteiger partial charge in [0.2, 0.25) is 0 Å². The van der Waals surface area contributed by atoms with Gasteiger partial charge in [-0.15, -0.1) is 0 Å². The highest BCUT2D eigenvalue weighted by molar-refractivity contribution is 7.91. The standard InChI is InChI=1S/C12H15NO2S/c1-8-2-3-9-7-12-10(6-11(9)13-8)4-5-16(12,14)15/h6-8,13H,2-5H2,1H3. The van der Waals surface area contributed by atoms with E-state index >= 15 is 0 Å². The molecule has 0 amide bonds. The first-order valence-electron chi connectivity index (χ1n) is 5.71. The summed E-state index contributed by atoms with van der Waals surface area (Å²) < 4.78 is 23.6. The Morgan fingerprint density at radius 3 is 2.88 bits per heavy atom. The molecule has 0 aliphatic carbocycles. The molecule has 0 saturated heterocycles. The molecule has 86 valence electrons. The molecule has 1 aromatic rings. The van der Waals surface area contributed by atoms with Gasteiger partial charge in [-0.05, 0) is 49.4 Å². The minimum Gasteiger partial charge on any atom is -0.382 e. The fraction of sp³-hybridized carbons (Fsp3) is 0.500. The highest BCUT2D eigenvalue weighted by Gasteiger charge is 2.28. The predicted octanol–water partition coefficient (Wildman–Crippen LogP) is 1.76. The predicted molar refractivity (Wildman–Crippen MR) is 63.6 cm³/mol. The average Bonchev–Trinajstić information content (AvgIpc) is 2.52. The maximum absolute atomic E-state index is 11.8. The normalized spacial score (nSPS) is 25.7. The number of anilines is 1. The quantitative estimate of drug-likeness (QED) is 0.748. The molecule has 2 aliphatic heterocycles. The summed E-state index contributed by atoms with van der Waals surface area (Å²) in [5.74, 6) is 0.279. The van der Waals surface area contributed by atoms with Crippen molar-refractivity contribution in [3.8, 4) is 0 Å². The van der Waals surface area contributed by atoms with Crippen molar-refractivity contribution in [1.29, 1.82) is 0 Å². The van der Waals surface area contributed by atoms with Crippen LogP contribution in [0.25, 0.3) is 0 Å². The van der Waals surface area contributed by atoms with Gasteiger partial charge in [-0.3, -0.25) is 0 Å². The number of sulfone groups is 1. The Balaban J connectivity index is 2.16. The van der Waals surface area contributed by atoms with E-state index in [9.17, 15) is 8.42 Å². The van der Waals surface area contributed by atoms with E-state index in [1.165, 1.54) is 0 Å². The van der Waals surface area contributed by atoms with Crippen molar-refractivity contribution in [1.82, 2.24) is 0 Å². The SMILES string of the molecule is CC1CCc2cc3c(cc2N1)CCS3(=O)=O. The Labute approximate surface area is 95.8 Å². The first-order chi connectivity index (χ1) is 7.56. The molecule has 1 unspecified atom stereocenters. The summed E-state index contributed by atoms with van der Waals surface area (Å²) in [6.07, 6.45) is 2.72. The van der Waals surface area contributed by atoms with Gasteiger partial charge in [-0.1, -0.05) is 0 Å². The Hall–Kier alpha value is -1.03. The van der Waals surface area contributed by atoms with E-state index in [4.69, 9.17) is 0 Å². The maximum atomic E-state index is 11.8. The zero-order valence-corrected chi connectivity index (χ0v) is 10.1. The topological polar surface area (TPSA) is 46.2 Å². The van der Waals surface area contributed by atoms with Gasteiger partial charge in [0.1, 0.15) is 0 Å². The molecular weight excluding hydrogens is 222 g/mol. The van der Waals surface area contributed by atoms with Crippen LogP contribution in [0.5, 0.6) is 0 Å². The summed E-state index contributed by atoms with van der Waals surface area (Å²) in [6, 6.07) is 4.40. The minimum atomic E-state index is -2.98. The summed E-state index contributed by atoms with van der Waals surface area (Å²) in [7, 11) is -2.98. The lowest BCUT2D eigenvalue weighted by molar-refractivity contribution is 0.599. The molecule has 1 aromatic carbocycles. The summed E-state index contributed by atoms with van der Waals surface area (Å²) in [5, 5.41) is 3.42. The number of rotatable bonds is 0. The number of aryl methyl sites for hydroxylation is 2. The second kappa shape index (κ2) is 3.23.